The fourth-order valence-corrected chi connectivity index (χ4v) is 3.95. The van der Waals surface area contributed by atoms with Crippen LogP contribution in [-0.2, 0) is 11.3 Å². The molecule has 0 bridgehead atoms. The van der Waals surface area contributed by atoms with Gasteiger partial charge in [-0.1, -0.05) is 19.1 Å². The Labute approximate surface area is 191 Å². The van der Waals surface area contributed by atoms with Crippen LogP contribution in [0.1, 0.15) is 29.3 Å². The van der Waals surface area contributed by atoms with Gasteiger partial charge in [0.15, 0.2) is 11.5 Å². The highest BCUT2D eigenvalue weighted by atomic mass is 19.1. The van der Waals surface area contributed by atoms with Crippen LogP contribution >= 0.6 is 0 Å². The van der Waals surface area contributed by atoms with E-state index in [0.717, 1.165) is 16.8 Å². The van der Waals surface area contributed by atoms with E-state index in [1.54, 1.807) is 16.7 Å². The van der Waals surface area contributed by atoms with Gasteiger partial charge in [-0.05, 0) is 61.9 Å². The number of rotatable bonds is 7. The quantitative estimate of drug-likeness (QED) is 0.583. The Morgan fingerprint density at radius 2 is 2.00 bits per heavy atom. The van der Waals surface area contributed by atoms with Gasteiger partial charge >= 0.3 is 0 Å². The predicted molar refractivity (Wildman–Crippen MR) is 122 cm³/mol. The molecule has 8 heteroatoms. The van der Waals surface area contributed by atoms with Crippen molar-refractivity contribution in [2.75, 3.05) is 25.2 Å². The Morgan fingerprint density at radius 3 is 2.73 bits per heavy atom. The number of halogens is 1. The van der Waals surface area contributed by atoms with Crippen LogP contribution in [0.25, 0.3) is 5.69 Å². The molecule has 2 aromatic carbocycles. The minimum atomic E-state index is -0.394. The van der Waals surface area contributed by atoms with E-state index in [9.17, 15) is 14.4 Å². The van der Waals surface area contributed by atoms with Crippen molar-refractivity contribution >= 4 is 11.7 Å². The molecule has 0 saturated heterocycles. The minimum absolute atomic E-state index is 0.127. The van der Waals surface area contributed by atoms with E-state index in [2.05, 4.69) is 11.4 Å². The number of nitriles is 1. The molecule has 170 valence electrons. The number of anilines is 1. The standard InChI is InChI=1S/C25H25FN4O3/c1-4-29(13-18-8-9-22-23(10-18)33-15-32-22)14-24(31)28-25-21(12-27)16(2)17(3)30(25)20-7-5-6-19(26)11-20/h5-11H,4,13-15H2,1-3H3,(H,28,31). The minimum Gasteiger partial charge on any atom is -0.454 e. The number of hydrogen-bond acceptors (Lipinski definition) is 5. The molecule has 0 spiro atoms. The zero-order chi connectivity index (χ0) is 23.5. The topological polar surface area (TPSA) is 79.5 Å². The molecule has 3 aromatic rings. The van der Waals surface area contributed by atoms with E-state index < -0.39 is 5.82 Å². The Balaban J connectivity index is 1.55. The maximum atomic E-state index is 13.9. The van der Waals surface area contributed by atoms with Gasteiger partial charge in [0, 0.05) is 12.2 Å². The number of likely N-dealkylation sites (N-methyl/N-ethyl adjacent to an activating group) is 1. The number of nitrogens with zero attached hydrogens (tertiary/aromatic N) is 3. The molecule has 0 atom stereocenters. The van der Waals surface area contributed by atoms with Crippen LogP contribution in [0.3, 0.4) is 0 Å². The molecular formula is C25H25FN4O3. The van der Waals surface area contributed by atoms with Crippen molar-refractivity contribution in [2.45, 2.75) is 27.3 Å². The van der Waals surface area contributed by atoms with E-state index in [0.29, 0.717) is 41.7 Å². The summed E-state index contributed by atoms with van der Waals surface area (Å²) in [5.41, 5.74) is 3.41. The molecule has 1 N–H and O–H groups in total. The molecule has 1 aromatic heterocycles. The van der Waals surface area contributed by atoms with Gasteiger partial charge in [-0.3, -0.25) is 14.3 Å². The highest BCUT2D eigenvalue weighted by molar-refractivity contribution is 5.93. The summed E-state index contributed by atoms with van der Waals surface area (Å²) in [4.78, 5) is 15.0. The summed E-state index contributed by atoms with van der Waals surface area (Å²) >= 11 is 0. The summed E-state index contributed by atoms with van der Waals surface area (Å²) < 4.78 is 26.4. The number of carbonyl (C=O) groups is 1. The molecule has 0 fully saturated rings. The van der Waals surface area contributed by atoms with Crippen LogP contribution in [0, 0.1) is 31.0 Å². The van der Waals surface area contributed by atoms with Gasteiger partial charge in [-0.2, -0.15) is 5.26 Å². The zero-order valence-electron chi connectivity index (χ0n) is 18.8. The van der Waals surface area contributed by atoms with Crippen molar-refractivity contribution in [2.24, 2.45) is 0 Å². The van der Waals surface area contributed by atoms with Crippen LogP contribution in [-0.4, -0.2) is 35.3 Å². The second-order valence-corrected chi connectivity index (χ2v) is 7.90. The largest absolute Gasteiger partial charge is 0.454 e. The van der Waals surface area contributed by atoms with Crippen LogP contribution in [0.4, 0.5) is 10.2 Å². The monoisotopic (exact) mass is 448 g/mol. The number of carbonyl (C=O) groups excluding carboxylic acids is 1. The van der Waals surface area contributed by atoms with E-state index in [1.807, 2.05) is 43.9 Å². The average Bonchev–Trinajstić information content (AvgIpc) is 3.35. The first-order chi connectivity index (χ1) is 15.9. The molecule has 1 amide bonds. The average molecular weight is 448 g/mol. The van der Waals surface area contributed by atoms with Crippen molar-refractivity contribution in [1.29, 1.82) is 5.26 Å². The van der Waals surface area contributed by atoms with Gasteiger partial charge in [0.2, 0.25) is 12.7 Å². The van der Waals surface area contributed by atoms with Crippen LogP contribution < -0.4 is 14.8 Å². The third-order valence-electron chi connectivity index (χ3n) is 5.81. The first-order valence-corrected chi connectivity index (χ1v) is 10.7. The molecule has 0 saturated carbocycles. The molecular weight excluding hydrogens is 423 g/mol. The highest BCUT2D eigenvalue weighted by Gasteiger charge is 2.22. The summed E-state index contributed by atoms with van der Waals surface area (Å²) in [5.74, 6) is 1.11. The zero-order valence-corrected chi connectivity index (χ0v) is 18.8. The van der Waals surface area contributed by atoms with Crippen molar-refractivity contribution < 1.29 is 18.7 Å². The molecule has 7 nitrogen and oxygen atoms in total. The SMILES string of the molecule is CCN(CC(=O)Nc1c(C#N)c(C)c(C)n1-c1cccc(F)c1)Cc1ccc2c(c1)OCO2. The summed E-state index contributed by atoms with van der Waals surface area (Å²) in [5, 5.41) is 12.6. The van der Waals surface area contributed by atoms with Gasteiger partial charge in [0.1, 0.15) is 17.7 Å². The highest BCUT2D eigenvalue weighted by Crippen LogP contribution is 2.33. The number of amides is 1. The van der Waals surface area contributed by atoms with Crippen molar-refractivity contribution in [3.63, 3.8) is 0 Å². The van der Waals surface area contributed by atoms with Crippen molar-refractivity contribution in [3.05, 3.63) is 70.7 Å². The maximum Gasteiger partial charge on any atom is 0.239 e. The molecule has 1 aliphatic rings. The first-order valence-electron chi connectivity index (χ1n) is 10.7. The first kappa shape index (κ1) is 22.4. The Bertz CT molecular complexity index is 1250. The second-order valence-electron chi connectivity index (χ2n) is 7.90. The summed E-state index contributed by atoms with van der Waals surface area (Å²) in [6, 6.07) is 14.0. The van der Waals surface area contributed by atoms with Gasteiger partial charge in [0.25, 0.3) is 0 Å². The normalized spacial score (nSPS) is 12.1. The third kappa shape index (κ3) is 4.54. The van der Waals surface area contributed by atoms with Gasteiger partial charge < -0.3 is 14.8 Å². The van der Waals surface area contributed by atoms with Gasteiger partial charge in [-0.25, -0.2) is 4.39 Å². The molecule has 33 heavy (non-hydrogen) atoms. The number of aromatic nitrogens is 1. The molecule has 4 rings (SSSR count). The lowest BCUT2D eigenvalue weighted by molar-refractivity contribution is -0.117. The van der Waals surface area contributed by atoms with E-state index in [1.165, 1.54) is 12.1 Å². The lowest BCUT2D eigenvalue weighted by atomic mass is 10.2. The summed E-state index contributed by atoms with van der Waals surface area (Å²) in [6.07, 6.45) is 0. The maximum absolute atomic E-state index is 13.9. The molecule has 0 radical (unpaired) electrons. The molecule has 0 unspecified atom stereocenters. The number of hydrogen-bond donors (Lipinski definition) is 1. The Hall–Kier alpha value is -3.83. The van der Waals surface area contributed by atoms with Gasteiger partial charge in [0.05, 0.1) is 17.8 Å². The van der Waals surface area contributed by atoms with E-state index >= 15 is 0 Å². The fraction of sp³-hybridized carbons (Fsp3) is 0.280. The molecule has 2 heterocycles. The number of nitrogens with one attached hydrogen (secondary N) is 1. The third-order valence-corrected chi connectivity index (χ3v) is 5.81. The van der Waals surface area contributed by atoms with Crippen molar-refractivity contribution in [1.82, 2.24) is 9.47 Å². The number of ether oxygens (including phenoxy) is 2. The van der Waals surface area contributed by atoms with Crippen LogP contribution in [0.2, 0.25) is 0 Å². The number of fused-ring (bicyclic) bond motifs is 1. The molecule has 1 aliphatic heterocycles. The Morgan fingerprint density at radius 1 is 1.21 bits per heavy atom. The van der Waals surface area contributed by atoms with Crippen LogP contribution in [0.5, 0.6) is 11.5 Å². The fourth-order valence-electron chi connectivity index (χ4n) is 3.95. The summed E-state index contributed by atoms with van der Waals surface area (Å²) in [6.45, 7) is 7.17. The van der Waals surface area contributed by atoms with E-state index in [-0.39, 0.29) is 19.2 Å². The Kier molecular flexibility index (Phi) is 6.33. The lowest BCUT2D eigenvalue weighted by Crippen LogP contribution is -2.33. The second kappa shape index (κ2) is 9.35. The smallest absolute Gasteiger partial charge is 0.239 e. The lowest BCUT2D eigenvalue weighted by Gasteiger charge is -2.21. The molecule has 0 aliphatic carbocycles. The van der Waals surface area contributed by atoms with Crippen LogP contribution in [0.15, 0.2) is 42.5 Å². The van der Waals surface area contributed by atoms with E-state index in [4.69, 9.17) is 9.47 Å². The van der Waals surface area contributed by atoms with Gasteiger partial charge in [-0.15, -0.1) is 0 Å². The number of benzene rings is 2. The predicted octanol–water partition coefficient (Wildman–Crippen LogP) is 4.29. The summed E-state index contributed by atoms with van der Waals surface area (Å²) in [7, 11) is 0. The van der Waals surface area contributed by atoms with Crippen molar-refractivity contribution in [3.8, 4) is 23.3 Å².